The zero-order valence-electron chi connectivity index (χ0n) is 9.38. The van der Waals surface area contributed by atoms with Gasteiger partial charge in [-0.1, -0.05) is 11.6 Å². The van der Waals surface area contributed by atoms with Gasteiger partial charge in [0.25, 0.3) is 0 Å². The number of likely N-dealkylation sites (N-methyl/N-ethyl adjacent to an activating group) is 1. The second-order valence-corrected chi connectivity index (χ2v) is 4.52. The summed E-state index contributed by atoms with van der Waals surface area (Å²) in [5.74, 6) is 0.0251. The largest absolute Gasteiger partial charge is 0.304 e. The molecule has 0 saturated carbocycles. The minimum absolute atomic E-state index is 0.0251. The molecule has 1 fully saturated rings. The zero-order chi connectivity index (χ0) is 10.7. The fourth-order valence-electron chi connectivity index (χ4n) is 2.08. The van der Waals surface area contributed by atoms with Crippen molar-refractivity contribution in [3.63, 3.8) is 0 Å². The van der Waals surface area contributed by atoms with Gasteiger partial charge in [-0.3, -0.25) is 4.90 Å². The molecule has 1 heterocycles. The van der Waals surface area contributed by atoms with Crippen molar-refractivity contribution in [2.75, 3.05) is 39.8 Å². The molecule has 0 aromatic heterocycles. The van der Waals surface area contributed by atoms with Gasteiger partial charge >= 0.3 is 0 Å². The van der Waals surface area contributed by atoms with Gasteiger partial charge in [0.15, 0.2) is 0 Å². The van der Waals surface area contributed by atoms with E-state index >= 15 is 0 Å². The van der Waals surface area contributed by atoms with Crippen molar-refractivity contribution in [3.05, 3.63) is 23.6 Å². The Morgan fingerprint density at radius 3 is 2.47 bits per heavy atom. The molecule has 1 aliphatic carbocycles. The van der Waals surface area contributed by atoms with Crippen LogP contribution in [-0.4, -0.2) is 49.6 Å². The highest BCUT2D eigenvalue weighted by atomic mass is 19.1. The van der Waals surface area contributed by atoms with Gasteiger partial charge in [0.1, 0.15) is 5.83 Å². The molecule has 2 nitrogen and oxygen atoms in total. The van der Waals surface area contributed by atoms with Crippen molar-refractivity contribution >= 4 is 0 Å². The Balaban J connectivity index is 1.82. The van der Waals surface area contributed by atoms with Crippen LogP contribution >= 0.6 is 0 Å². The van der Waals surface area contributed by atoms with E-state index in [2.05, 4.69) is 16.8 Å². The van der Waals surface area contributed by atoms with Crippen LogP contribution in [0.2, 0.25) is 0 Å². The van der Waals surface area contributed by atoms with Gasteiger partial charge in [-0.05, 0) is 19.5 Å². The van der Waals surface area contributed by atoms with Crippen molar-refractivity contribution in [2.24, 2.45) is 0 Å². The lowest BCUT2D eigenvalue weighted by Gasteiger charge is -2.33. The lowest BCUT2D eigenvalue weighted by atomic mass is 10.0. The minimum atomic E-state index is 0.0251. The number of hydrogen-bond donors (Lipinski definition) is 0. The summed E-state index contributed by atoms with van der Waals surface area (Å²) in [5.41, 5.74) is 1.38. The van der Waals surface area contributed by atoms with E-state index in [9.17, 15) is 4.39 Å². The maximum absolute atomic E-state index is 12.8. The Morgan fingerprint density at radius 2 is 1.87 bits per heavy atom. The molecule has 2 aliphatic rings. The average Bonchev–Trinajstić information content (AvgIpc) is 2.25. The standard InChI is InChI=1S/C12H19FN2/c1-14-6-8-15(9-7-14)10-11-2-4-12(13)5-3-11/h2,4H,3,5-10H2,1H3. The number of nitrogens with zero attached hydrogens (tertiary/aromatic N) is 2. The lowest BCUT2D eigenvalue weighted by molar-refractivity contribution is 0.163. The number of allylic oxidation sites excluding steroid dienone is 3. The molecule has 0 radical (unpaired) electrons. The predicted octanol–water partition coefficient (Wildman–Crippen LogP) is 1.81. The monoisotopic (exact) mass is 210 g/mol. The van der Waals surface area contributed by atoms with E-state index in [0.29, 0.717) is 6.42 Å². The SMILES string of the molecule is CN1CCN(CC2=CC=C(F)CC2)CC1. The first-order valence-electron chi connectivity index (χ1n) is 5.69. The van der Waals surface area contributed by atoms with Crippen LogP contribution in [0.15, 0.2) is 23.6 Å². The van der Waals surface area contributed by atoms with Crippen molar-refractivity contribution in [1.82, 2.24) is 9.80 Å². The number of halogens is 1. The molecule has 0 spiro atoms. The molecule has 15 heavy (non-hydrogen) atoms. The van der Waals surface area contributed by atoms with Crippen LogP contribution in [0.4, 0.5) is 4.39 Å². The third kappa shape index (κ3) is 3.14. The van der Waals surface area contributed by atoms with Gasteiger partial charge in [-0.2, -0.15) is 0 Å². The summed E-state index contributed by atoms with van der Waals surface area (Å²) in [4.78, 5) is 4.81. The molecule has 1 aliphatic heterocycles. The molecular formula is C12H19FN2. The van der Waals surface area contributed by atoms with E-state index in [-0.39, 0.29) is 5.83 Å². The van der Waals surface area contributed by atoms with Crippen LogP contribution in [0.25, 0.3) is 0 Å². The van der Waals surface area contributed by atoms with Crippen LogP contribution in [0.5, 0.6) is 0 Å². The summed E-state index contributed by atoms with van der Waals surface area (Å²) in [7, 11) is 2.16. The molecule has 3 heteroatoms. The first-order chi connectivity index (χ1) is 7.24. The summed E-state index contributed by atoms with van der Waals surface area (Å²) < 4.78 is 12.8. The summed E-state index contributed by atoms with van der Waals surface area (Å²) in [6, 6.07) is 0. The van der Waals surface area contributed by atoms with Gasteiger partial charge < -0.3 is 4.90 Å². The van der Waals surface area contributed by atoms with Gasteiger partial charge in [0.2, 0.25) is 0 Å². The molecule has 84 valence electrons. The Hall–Kier alpha value is -0.670. The maximum Gasteiger partial charge on any atom is 0.100 e. The number of piperazine rings is 1. The Morgan fingerprint density at radius 1 is 1.13 bits per heavy atom. The molecular weight excluding hydrogens is 191 g/mol. The Labute approximate surface area is 91.0 Å². The second-order valence-electron chi connectivity index (χ2n) is 4.52. The van der Waals surface area contributed by atoms with E-state index in [4.69, 9.17) is 0 Å². The first kappa shape index (κ1) is 10.8. The van der Waals surface area contributed by atoms with Crippen LogP contribution in [0.1, 0.15) is 12.8 Å². The molecule has 0 N–H and O–H groups in total. The molecule has 0 bridgehead atoms. The molecule has 2 rings (SSSR count). The smallest absolute Gasteiger partial charge is 0.100 e. The van der Waals surface area contributed by atoms with Crippen LogP contribution in [0, 0.1) is 0 Å². The normalized spacial score (nSPS) is 24.9. The third-order valence-corrected chi connectivity index (χ3v) is 3.21. The lowest BCUT2D eigenvalue weighted by Crippen LogP contribution is -2.45. The molecule has 0 aromatic rings. The topological polar surface area (TPSA) is 6.48 Å². The highest BCUT2D eigenvalue weighted by Gasteiger charge is 2.15. The molecule has 0 aromatic carbocycles. The van der Waals surface area contributed by atoms with Crippen LogP contribution in [0.3, 0.4) is 0 Å². The highest BCUT2D eigenvalue weighted by molar-refractivity contribution is 5.21. The summed E-state index contributed by atoms with van der Waals surface area (Å²) in [6.07, 6.45) is 5.07. The molecule has 0 amide bonds. The summed E-state index contributed by atoms with van der Waals surface area (Å²) >= 11 is 0. The fraction of sp³-hybridized carbons (Fsp3) is 0.667. The summed E-state index contributed by atoms with van der Waals surface area (Å²) in [5, 5.41) is 0. The van der Waals surface area contributed by atoms with Crippen molar-refractivity contribution in [3.8, 4) is 0 Å². The molecule has 0 unspecified atom stereocenters. The fourth-order valence-corrected chi connectivity index (χ4v) is 2.08. The number of hydrogen-bond acceptors (Lipinski definition) is 2. The highest BCUT2D eigenvalue weighted by Crippen LogP contribution is 2.20. The van der Waals surface area contributed by atoms with Crippen molar-refractivity contribution in [1.29, 1.82) is 0 Å². The third-order valence-electron chi connectivity index (χ3n) is 3.21. The van der Waals surface area contributed by atoms with Gasteiger partial charge in [0, 0.05) is 39.1 Å². The van der Waals surface area contributed by atoms with Crippen LogP contribution < -0.4 is 0 Å². The van der Waals surface area contributed by atoms with Crippen LogP contribution in [-0.2, 0) is 0 Å². The maximum atomic E-state index is 12.8. The van der Waals surface area contributed by atoms with E-state index in [0.717, 1.165) is 39.1 Å². The summed E-state index contributed by atoms with van der Waals surface area (Å²) in [6.45, 7) is 5.60. The zero-order valence-corrected chi connectivity index (χ0v) is 9.38. The van der Waals surface area contributed by atoms with E-state index in [1.54, 1.807) is 6.08 Å². The minimum Gasteiger partial charge on any atom is -0.304 e. The van der Waals surface area contributed by atoms with Crippen molar-refractivity contribution < 1.29 is 4.39 Å². The molecule has 1 saturated heterocycles. The van der Waals surface area contributed by atoms with E-state index in [1.807, 2.05) is 6.08 Å². The predicted molar refractivity (Wildman–Crippen MR) is 60.4 cm³/mol. The Bertz CT molecular complexity index is 275. The van der Waals surface area contributed by atoms with Gasteiger partial charge in [0.05, 0.1) is 0 Å². The average molecular weight is 210 g/mol. The second kappa shape index (κ2) is 4.90. The van der Waals surface area contributed by atoms with Gasteiger partial charge in [-0.15, -0.1) is 0 Å². The van der Waals surface area contributed by atoms with Gasteiger partial charge in [-0.25, -0.2) is 4.39 Å². The first-order valence-corrected chi connectivity index (χ1v) is 5.69. The molecule has 0 atom stereocenters. The number of rotatable bonds is 2. The van der Waals surface area contributed by atoms with E-state index < -0.39 is 0 Å². The van der Waals surface area contributed by atoms with E-state index in [1.165, 1.54) is 5.57 Å². The van der Waals surface area contributed by atoms with Crippen molar-refractivity contribution in [2.45, 2.75) is 12.8 Å². The quantitative estimate of drug-likeness (QED) is 0.686. The Kier molecular flexibility index (Phi) is 3.54.